The van der Waals surface area contributed by atoms with Crippen LogP contribution in [-0.4, -0.2) is 25.2 Å². The third kappa shape index (κ3) is 3.38. The molecule has 0 unspecified atom stereocenters. The summed E-state index contributed by atoms with van der Waals surface area (Å²) in [5, 5.41) is 4.33. The van der Waals surface area contributed by atoms with E-state index in [1.807, 2.05) is 13.0 Å². The van der Waals surface area contributed by atoms with Gasteiger partial charge in [0, 0.05) is 4.88 Å². The van der Waals surface area contributed by atoms with Crippen molar-refractivity contribution in [3.8, 4) is 11.5 Å². The SMILES string of the molecule is Cc1ccc(C)c(S(=O)(=O)Nc2sc3c(c2-c2nc(C)no2)CCOC3)c1. The largest absolute Gasteiger partial charge is 0.376 e. The van der Waals surface area contributed by atoms with E-state index in [9.17, 15) is 8.42 Å². The Morgan fingerprint density at radius 3 is 2.78 bits per heavy atom. The molecule has 0 saturated heterocycles. The molecule has 0 spiro atoms. The lowest BCUT2D eigenvalue weighted by molar-refractivity contribution is 0.113. The number of thiophene rings is 1. The lowest BCUT2D eigenvalue weighted by Gasteiger charge is -2.12. The molecule has 1 N–H and O–H groups in total. The van der Waals surface area contributed by atoms with Crippen molar-refractivity contribution >= 4 is 26.4 Å². The number of hydrogen-bond acceptors (Lipinski definition) is 7. The molecule has 0 aliphatic carbocycles. The molecule has 3 heterocycles. The zero-order valence-corrected chi connectivity index (χ0v) is 16.8. The van der Waals surface area contributed by atoms with Crippen LogP contribution in [0.2, 0.25) is 0 Å². The normalized spacial score (nSPS) is 14.2. The number of anilines is 1. The molecule has 0 saturated carbocycles. The maximum atomic E-state index is 13.1. The highest BCUT2D eigenvalue weighted by atomic mass is 32.2. The Balaban J connectivity index is 1.82. The van der Waals surface area contributed by atoms with Crippen molar-refractivity contribution in [1.82, 2.24) is 10.1 Å². The first-order valence-electron chi connectivity index (χ1n) is 8.48. The van der Waals surface area contributed by atoms with Crippen molar-refractivity contribution in [3.05, 3.63) is 45.6 Å². The quantitative estimate of drug-likeness (QED) is 0.713. The molecular formula is C18H19N3O4S2. The number of ether oxygens (including phenoxy) is 1. The fourth-order valence-corrected chi connectivity index (χ4v) is 5.92. The number of nitrogens with zero attached hydrogens (tertiary/aromatic N) is 2. The van der Waals surface area contributed by atoms with Crippen LogP contribution in [0.4, 0.5) is 5.00 Å². The molecule has 0 atom stereocenters. The van der Waals surface area contributed by atoms with E-state index >= 15 is 0 Å². The van der Waals surface area contributed by atoms with Crippen molar-refractivity contribution < 1.29 is 17.7 Å². The lowest BCUT2D eigenvalue weighted by atomic mass is 10.1. The summed E-state index contributed by atoms with van der Waals surface area (Å²) in [6.07, 6.45) is 0.674. The fraction of sp³-hybridized carbons (Fsp3) is 0.333. The van der Waals surface area contributed by atoms with Crippen LogP contribution >= 0.6 is 11.3 Å². The van der Waals surface area contributed by atoms with Gasteiger partial charge in [0.25, 0.3) is 15.9 Å². The molecule has 3 aromatic rings. The third-order valence-electron chi connectivity index (χ3n) is 4.42. The Hall–Kier alpha value is -2.23. The smallest absolute Gasteiger partial charge is 0.262 e. The van der Waals surface area contributed by atoms with Crippen LogP contribution in [0.15, 0.2) is 27.6 Å². The van der Waals surface area contributed by atoms with E-state index in [1.54, 1.807) is 26.0 Å². The third-order valence-corrected chi connectivity index (χ3v) is 7.16. The molecule has 0 bridgehead atoms. The molecule has 1 aliphatic heterocycles. The van der Waals surface area contributed by atoms with Crippen LogP contribution in [0.1, 0.15) is 27.4 Å². The maximum absolute atomic E-state index is 13.1. The van der Waals surface area contributed by atoms with E-state index in [0.717, 1.165) is 16.0 Å². The Kier molecular flexibility index (Phi) is 4.53. The number of benzene rings is 1. The molecule has 27 heavy (non-hydrogen) atoms. The van der Waals surface area contributed by atoms with Crippen molar-refractivity contribution in [2.24, 2.45) is 0 Å². The van der Waals surface area contributed by atoms with Gasteiger partial charge in [-0.3, -0.25) is 4.72 Å². The summed E-state index contributed by atoms with van der Waals surface area (Å²) in [7, 11) is -3.76. The monoisotopic (exact) mass is 405 g/mol. The second-order valence-electron chi connectivity index (χ2n) is 6.53. The summed E-state index contributed by atoms with van der Waals surface area (Å²) in [6, 6.07) is 5.37. The van der Waals surface area contributed by atoms with Crippen LogP contribution < -0.4 is 4.72 Å². The highest BCUT2D eigenvalue weighted by Crippen LogP contribution is 2.43. The first-order valence-corrected chi connectivity index (χ1v) is 10.8. The number of rotatable bonds is 4. The van der Waals surface area contributed by atoms with E-state index < -0.39 is 10.0 Å². The minimum atomic E-state index is -3.76. The van der Waals surface area contributed by atoms with Crippen LogP contribution in [0.3, 0.4) is 0 Å². The summed E-state index contributed by atoms with van der Waals surface area (Å²) < 4.78 is 39.8. The van der Waals surface area contributed by atoms with Gasteiger partial charge in [-0.2, -0.15) is 4.98 Å². The molecular weight excluding hydrogens is 386 g/mol. The highest BCUT2D eigenvalue weighted by Gasteiger charge is 2.29. The number of sulfonamides is 1. The second kappa shape index (κ2) is 6.74. The van der Waals surface area contributed by atoms with Crippen LogP contribution in [0.5, 0.6) is 0 Å². The molecule has 2 aromatic heterocycles. The van der Waals surface area contributed by atoms with Gasteiger partial charge in [-0.15, -0.1) is 11.3 Å². The molecule has 1 aromatic carbocycles. The summed E-state index contributed by atoms with van der Waals surface area (Å²) in [5.41, 5.74) is 3.24. The van der Waals surface area contributed by atoms with Crippen molar-refractivity contribution in [3.63, 3.8) is 0 Å². The summed E-state index contributed by atoms with van der Waals surface area (Å²) in [4.78, 5) is 5.55. The van der Waals surface area contributed by atoms with E-state index in [1.165, 1.54) is 11.3 Å². The van der Waals surface area contributed by atoms with Gasteiger partial charge in [0.05, 0.1) is 23.7 Å². The molecule has 9 heteroatoms. The minimum absolute atomic E-state index is 0.262. The molecule has 0 amide bonds. The van der Waals surface area contributed by atoms with Gasteiger partial charge in [-0.05, 0) is 49.9 Å². The van der Waals surface area contributed by atoms with E-state index in [4.69, 9.17) is 9.26 Å². The van der Waals surface area contributed by atoms with Gasteiger partial charge in [0.2, 0.25) is 0 Å². The van der Waals surface area contributed by atoms with Gasteiger partial charge in [-0.25, -0.2) is 8.42 Å². The predicted molar refractivity (Wildman–Crippen MR) is 102 cm³/mol. The maximum Gasteiger partial charge on any atom is 0.262 e. The highest BCUT2D eigenvalue weighted by molar-refractivity contribution is 7.93. The van der Waals surface area contributed by atoms with Gasteiger partial charge in [0.1, 0.15) is 5.00 Å². The van der Waals surface area contributed by atoms with Crippen molar-refractivity contribution in [2.75, 3.05) is 11.3 Å². The Labute approximate surface area is 161 Å². The van der Waals surface area contributed by atoms with Crippen molar-refractivity contribution in [1.29, 1.82) is 0 Å². The first-order chi connectivity index (χ1) is 12.8. The molecule has 142 valence electrons. The van der Waals surface area contributed by atoms with Crippen LogP contribution in [0, 0.1) is 20.8 Å². The summed E-state index contributed by atoms with van der Waals surface area (Å²) in [5.74, 6) is 0.825. The topological polar surface area (TPSA) is 94.3 Å². The van der Waals surface area contributed by atoms with Gasteiger partial charge in [0.15, 0.2) is 5.82 Å². The van der Waals surface area contributed by atoms with E-state index in [2.05, 4.69) is 14.9 Å². The lowest BCUT2D eigenvalue weighted by Crippen LogP contribution is -2.14. The van der Waals surface area contributed by atoms with Gasteiger partial charge >= 0.3 is 0 Å². The Morgan fingerprint density at radius 2 is 2.04 bits per heavy atom. The van der Waals surface area contributed by atoms with E-state index in [0.29, 0.717) is 47.5 Å². The van der Waals surface area contributed by atoms with Gasteiger partial charge in [-0.1, -0.05) is 17.3 Å². The van der Waals surface area contributed by atoms with Crippen LogP contribution in [-0.2, 0) is 27.8 Å². The number of aryl methyl sites for hydroxylation is 3. The number of nitrogens with one attached hydrogen (secondary N) is 1. The Morgan fingerprint density at radius 1 is 1.22 bits per heavy atom. The first kappa shape index (κ1) is 18.1. The zero-order chi connectivity index (χ0) is 19.2. The number of fused-ring (bicyclic) bond motifs is 1. The molecule has 4 rings (SSSR count). The minimum Gasteiger partial charge on any atom is -0.376 e. The number of hydrogen-bond donors (Lipinski definition) is 1. The molecule has 0 radical (unpaired) electrons. The second-order valence-corrected chi connectivity index (χ2v) is 9.29. The summed E-state index contributed by atoms with van der Waals surface area (Å²) in [6.45, 7) is 6.41. The zero-order valence-electron chi connectivity index (χ0n) is 15.2. The predicted octanol–water partition coefficient (Wildman–Crippen LogP) is 3.60. The fourth-order valence-electron chi connectivity index (χ4n) is 3.10. The molecule has 0 fully saturated rings. The Bertz CT molecular complexity index is 1120. The average molecular weight is 406 g/mol. The summed E-state index contributed by atoms with van der Waals surface area (Å²) >= 11 is 1.35. The number of aromatic nitrogens is 2. The molecule has 1 aliphatic rings. The van der Waals surface area contributed by atoms with Crippen LogP contribution in [0.25, 0.3) is 11.5 Å². The standard InChI is InChI=1S/C18H19N3O4S2/c1-10-4-5-11(2)15(8-10)27(22,23)21-18-16(17-19-12(3)20-25-17)13-6-7-24-9-14(13)26-18/h4-5,8,21H,6-7,9H2,1-3H3. The van der Waals surface area contributed by atoms with E-state index in [-0.39, 0.29) is 4.90 Å². The van der Waals surface area contributed by atoms with Gasteiger partial charge < -0.3 is 9.26 Å². The van der Waals surface area contributed by atoms with Crippen molar-refractivity contribution in [2.45, 2.75) is 38.7 Å². The molecule has 7 nitrogen and oxygen atoms in total. The average Bonchev–Trinajstić information content (AvgIpc) is 3.19.